The summed E-state index contributed by atoms with van der Waals surface area (Å²) in [6.07, 6.45) is 8.70. The van der Waals surface area contributed by atoms with E-state index in [0.717, 1.165) is 25.7 Å². The molecule has 5 aliphatic rings. The molecule has 1 saturated heterocycles. The number of fused-ring (bicyclic) bond motifs is 14. The lowest BCUT2D eigenvalue weighted by atomic mass is 9.78. The number of esters is 1. The number of phenolic OH excluding ortho intramolecular Hbond substituents is 1. The Kier molecular flexibility index (Phi) is 14.0. The van der Waals surface area contributed by atoms with Crippen molar-refractivity contribution >= 4 is 35.6 Å². The Hall–Kier alpha value is -5.12. The van der Waals surface area contributed by atoms with E-state index in [1.54, 1.807) is 39.8 Å². The van der Waals surface area contributed by atoms with E-state index in [0.29, 0.717) is 13.1 Å². The number of nitrogens with one attached hydrogen (secondary N) is 1. The maximum atomic E-state index is 14.6. The molecule has 6 rings (SSSR count). The highest BCUT2D eigenvalue weighted by Gasteiger charge is 2.53. The number of ketones is 3. The number of hydrogen-bond donors (Lipinski definition) is 4. The standard InChI is InChI=1S/C44H57N3O12/c1-22-15-14-16-23(2)43(55)46-34-33(45-21-47-18-12-10-11-13-19-47)38(52)30-31(39(34)53)37(51)27(6)41-32(30)42(54)44(8,59-41)57-20-17-29(56-9)24(3)40(58-28(7)48)26(5)36(50)25(4)35(22)49/h14-17,20-22,24-26,29,35-36,40,49-51H,10-13,18-19H2,1-9H3,(H,46,55)/b15-14+,20-17+,23-16-,45-21?/t22-,24-,25-,26-,29+,35+,36+,40-,44+/m1/s1. The van der Waals surface area contributed by atoms with Crippen LogP contribution in [0.5, 0.6) is 11.5 Å². The summed E-state index contributed by atoms with van der Waals surface area (Å²) in [7, 11) is 1.43. The van der Waals surface area contributed by atoms with Gasteiger partial charge in [-0.05, 0) is 32.8 Å². The summed E-state index contributed by atoms with van der Waals surface area (Å²) in [5, 5.41) is 36.9. The number of aromatic hydroxyl groups is 1. The molecular weight excluding hydrogens is 762 g/mol. The van der Waals surface area contributed by atoms with Crippen molar-refractivity contribution in [2.45, 2.75) is 111 Å². The van der Waals surface area contributed by atoms with E-state index in [1.807, 2.05) is 4.90 Å². The lowest BCUT2D eigenvalue weighted by molar-refractivity contribution is -0.160. The second-order valence-electron chi connectivity index (χ2n) is 16.2. The van der Waals surface area contributed by atoms with Crippen LogP contribution in [-0.4, -0.2) is 106 Å². The lowest BCUT2D eigenvalue weighted by Crippen LogP contribution is -2.46. The number of aliphatic imine (C=N–C) groups is 1. The summed E-state index contributed by atoms with van der Waals surface area (Å²) in [5.41, 5.74) is -1.98. The number of likely N-dealkylation sites (tertiary alicyclic amines) is 1. The van der Waals surface area contributed by atoms with E-state index >= 15 is 0 Å². The molecule has 9 atom stereocenters. The number of allylic oxidation sites excluding steroid dienone is 4. The molecule has 0 saturated carbocycles. The maximum Gasteiger partial charge on any atom is 0.312 e. The SMILES string of the molecule is CO[C@H]1/C=C/O[C@@]2(C)Oc3c(C)c(O)c4c(c3C2=O)C(=O)C(N=CN2CCCCCC2)=C(NC(=O)/C(C)=C\C=C\[C@@H](C)[C@H](O)[C@@H](C)[C@H](O)[C@@H](C)[C@H](OC(C)=O)[C@@H]1C)C4=O. The third-order valence-electron chi connectivity index (χ3n) is 11.9. The van der Waals surface area contributed by atoms with Crippen molar-refractivity contribution in [3.05, 3.63) is 69.8 Å². The summed E-state index contributed by atoms with van der Waals surface area (Å²) in [5.74, 6) is -9.38. The van der Waals surface area contributed by atoms with E-state index in [1.165, 1.54) is 59.6 Å². The number of carbonyl (C=O) groups is 5. The van der Waals surface area contributed by atoms with Crippen molar-refractivity contribution in [2.75, 3.05) is 20.2 Å². The second kappa shape index (κ2) is 18.4. The molecule has 320 valence electrons. The number of ether oxygens (including phenoxy) is 4. The predicted octanol–water partition coefficient (Wildman–Crippen LogP) is 4.86. The molecule has 15 nitrogen and oxygen atoms in total. The Balaban J connectivity index is 1.66. The Morgan fingerprint density at radius 1 is 0.932 bits per heavy atom. The van der Waals surface area contributed by atoms with E-state index in [2.05, 4.69) is 10.3 Å². The second-order valence-corrected chi connectivity index (χ2v) is 16.2. The zero-order chi connectivity index (χ0) is 43.5. The molecule has 1 aromatic carbocycles. The normalized spacial score (nSPS) is 33.1. The molecule has 5 bridgehead atoms. The van der Waals surface area contributed by atoms with Crippen LogP contribution in [0.15, 0.2) is 52.5 Å². The van der Waals surface area contributed by atoms with Crippen LogP contribution in [0.1, 0.15) is 111 Å². The first-order valence-corrected chi connectivity index (χ1v) is 20.2. The molecule has 4 heterocycles. The molecule has 0 spiro atoms. The topological polar surface area (TPSA) is 211 Å². The Bertz CT molecular complexity index is 2010. The van der Waals surface area contributed by atoms with Crippen molar-refractivity contribution < 1.29 is 58.2 Å². The van der Waals surface area contributed by atoms with Crippen LogP contribution >= 0.6 is 0 Å². The summed E-state index contributed by atoms with van der Waals surface area (Å²) < 4.78 is 23.5. The molecule has 1 aliphatic carbocycles. The van der Waals surface area contributed by atoms with Gasteiger partial charge in [0, 0.05) is 68.9 Å². The maximum absolute atomic E-state index is 14.6. The molecule has 4 N–H and O–H groups in total. The first kappa shape index (κ1) is 45.0. The number of aliphatic hydroxyl groups excluding tert-OH is 2. The number of nitrogens with zero attached hydrogens (tertiary/aromatic N) is 2. The number of rotatable bonds is 4. The van der Waals surface area contributed by atoms with Gasteiger partial charge in [0.25, 0.3) is 11.7 Å². The number of phenols is 1. The smallest absolute Gasteiger partial charge is 0.312 e. The molecule has 0 radical (unpaired) electrons. The molecule has 1 fully saturated rings. The predicted molar refractivity (Wildman–Crippen MR) is 217 cm³/mol. The van der Waals surface area contributed by atoms with Gasteiger partial charge in [0.05, 0.1) is 47.6 Å². The molecular formula is C44H57N3O12. The van der Waals surface area contributed by atoms with Crippen LogP contribution in [0.3, 0.4) is 0 Å². The van der Waals surface area contributed by atoms with E-state index in [-0.39, 0.29) is 22.4 Å². The fraction of sp³-hybridized carbons (Fsp3) is 0.545. The highest BCUT2D eigenvalue weighted by atomic mass is 16.7. The monoisotopic (exact) mass is 819 g/mol. The van der Waals surface area contributed by atoms with Crippen LogP contribution in [0.4, 0.5) is 0 Å². The average molecular weight is 820 g/mol. The number of hydrogen-bond acceptors (Lipinski definition) is 13. The van der Waals surface area contributed by atoms with Gasteiger partial charge in [-0.15, -0.1) is 0 Å². The van der Waals surface area contributed by atoms with Crippen molar-refractivity contribution in [2.24, 2.45) is 28.7 Å². The number of carbonyl (C=O) groups excluding carboxylic acids is 5. The van der Waals surface area contributed by atoms with Gasteiger partial charge in [0.1, 0.15) is 29.0 Å². The first-order chi connectivity index (χ1) is 27.8. The van der Waals surface area contributed by atoms with Crippen molar-refractivity contribution in [1.29, 1.82) is 0 Å². The van der Waals surface area contributed by atoms with Crippen molar-refractivity contribution in [1.82, 2.24) is 10.2 Å². The lowest BCUT2D eigenvalue weighted by Gasteiger charge is -2.38. The van der Waals surface area contributed by atoms with E-state index in [4.69, 9.17) is 18.9 Å². The van der Waals surface area contributed by atoms with Crippen LogP contribution in [-0.2, 0) is 23.8 Å². The van der Waals surface area contributed by atoms with Crippen molar-refractivity contribution in [3.8, 4) is 11.5 Å². The first-order valence-electron chi connectivity index (χ1n) is 20.2. The van der Waals surface area contributed by atoms with Gasteiger partial charge < -0.3 is 44.5 Å². The van der Waals surface area contributed by atoms with Crippen molar-refractivity contribution in [3.63, 3.8) is 0 Å². The van der Waals surface area contributed by atoms with Crippen LogP contribution in [0, 0.1) is 30.6 Å². The van der Waals surface area contributed by atoms with Gasteiger partial charge in [0.15, 0.2) is 0 Å². The number of benzene rings is 1. The fourth-order valence-corrected chi connectivity index (χ4v) is 8.15. The van der Waals surface area contributed by atoms with E-state index in [9.17, 15) is 39.3 Å². The summed E-state index contributed by atoms with van der Waals surface area (Å²) in [4.78, 5) is 75.9. The average Bonchev–Trinajstić information content (AvgIpc) is 3.33. The zero-order valence-corrected chi connectivity index (χ0v) is 35.2. The Morgan fingerprint density at radius 3 is 2.22 bits per heavy atom. The third-order valence-corrected chi connectivity index (χ3v) is 11.9. The largest absolute Gasteiger partial charge is 0.507 e. The molecule has 59 heavy (non-hydrogen) atoms. The molecule has 0 aromatic heterocycles. The minimum absolute atomic E-state index is 0.0100. The quantitative estimate of drug-likeness (QED) is 0.182. The highest BCUT2D eigenvalue weighted by molar-refractivity contribution is 6.32. The fourth-order valence-electron chi connectivity index (χ4n) is 8.15. The summed E-state index contributed by atoms with van der Waals surface area (Å²) >= 11 is 0. The highest BCUT2D eigenvalue weighted by Crippen LogP contribution is 2.48. The van der Waals surface area contributed by atoms with E-state index < -0.39 is 111 Å². The van der Waals surface area contributed by atoms with Gasteiger partial charge in [-0.3, -0.25) is 24.0 Å². The molecule has 1 amide bonds. The van der Waals surface area contributed by atoms with Gasteiger partial charge in [0.2, 0.25) is 11.6 Å². The van der Waals surface area contributed by atoms with Gasteiger partial charge in [-0.25, -0.2) is 4.99 Å². The van der Waals surface area contributed by atoms with Crippen LogP contribution < -0.4 is 10.1 Å². The third kappa shape index (κ3) is 9.07. The number of methoxy groups -OCH3 is 1. The van der Waals surface area contributed by atoms with Crippen LogP contribution in [0.25, 0.3) is 0 Å². The number of aliphatic hydroxyl groups is 2. The number of Topliss-reactive ketones (excluding diaryl/α,β-unsaturated/α-hetero) is 3. The van der Waals surface area contributed by atoms with Gasteiger partial charge >= 0.3 is 11.8 Å². The number of amides is 1. The van der Waals surface area contributed by atoms with Gasteiger partial charge in [-0.1, -0.05) is 58.8 Å². The molecule has 1 aromatic rings. The van der Waals surface area contributed by atoms with Gasteiger partial charge in [-0.2, -0.15) is 0 Å². The molecule has 15 heteroatoms. The molecule has 0 unspecified atom stereocenters. The zero-order valence-electron chi connectivity index (χ0n) is 35.2. The Morgan fingerprint density at radius 2 is 1.59 bits per heavy atom. The minimum Gasteiger partial charge on any atom is -0.507 e. The summed E-state index contributed by atoms with van der Waals surface area (Å²) in [6.45, 7) is 13.7. The van der Waals surface area contributed by atoms with Crippen LogP contribution in [0.2, 0.25) is 0 Å². The summed E-state index contributed by atoms with van der Waals surface area (Å²) in [6, 6.07) is 0. The Labute approximate surface area is 344 Å². The minimum atomic E-state index is -2.09. The molecule has 4 aliphatic heterocycles.